The fraction of sp³-hybridized carbons (Fsp3) is 0.125. The first-order valence-electron chi connectivity index (χ1n) is 4.17. The summed E-state index contributed by atoms with van der Waals surface area (Å²) in [5.41, 5.74) is 0.811. The van der Waals surface area contributed by atoms with Crippen LogP contribution in [0.3, 0.4) is 0 Å². The molecule has 0 amide bonds. The number of aromatic nitrogens is 4. The van der Waals surface area contributed by atoms with Gasteiger partial charge in [-0.05, 0) is 17.3 Å². The van der Waals surface area contributed by atoms with Crippen LogP contribution >= 0.6 is 23.2 Å². The minimum atomic E-state index is 0.408. The lowest BCUT2D eigenvalue weighted by atomic mass is 10.2. The maximum absolute atomic E-state index is 5.98. The second kappa shape index (κ2) is 4.46. The predicted molar refractivity (Wildman–Crippen MR) is 58.0 cm³/mol. The molecule has 0 saturated heterocycles. The summed E-state index contributed by atoms with van der Waals surface area (Å²) >= 11 is 12.0. The molecular formula is C8H7Cl2N5. The third-order valence-electron chi connectivity index (χ3n) is 1.83. The third-order valence-corrected chi connectivity index (χ3v) is 2.54. The van der Waals surface area contributed by atoms with Gasteiger partial charge in [-0.15, -0.1) is 5.10 Å². The van der Waals surface area contributed by atoms with E-state index in [1.165, 1.54) is 0 Å². The molecular weight excluding hydrogens is 237 g/mol. The average molecular weight is 244 g/mol. The number of aromatic amines is 1. The van der Waals surface area contributed by atoms with Crippen LogP contribution in [0.5, 0.6) is 0 Å². The van der Waals surface area contributed by atoms with Gasteiger partial charge in [-0.25, -0.2) is 0 Å². The lowest BCUT2D eigenvalue weighted by molar-refractivity contribution is 0.881. The monoisotopic (exact) mass is 243 g/mol. The molecule has 1 aromatic heterocycles. The van der Waals surface area contributed by atoms with E-state index in [1.54, 1.807) is 18.2 Å². The number of H-pyrrole nitrogens is 1. The van der Waals surface area contributed by atoms with Gasteiger partial charge in [-0.1, -0.05) is 34.4 Å². The van der Waals surface area contributed by atoms with Gasteiger partial charge in [0.25, 0.3) is 5.95 Å². The minimum absolute atomic E-state index is 0.408. The second-order valence-electron chi connectivity index (χ2n) is 2.79. The summed E-state index contributed by atoms with van der Waals surface area (Å²) in [5.74, 6) is 0.408. The number of hydrogen-bond acceptors (Lipinski definition) is 4. The van der Waals surface area contributed by atoms with E-state index in [9.17, 15) is 0 Å². The third kappa shape index (κ3) is 2.37. The highest BCUT2D eigenvalue weighted by atomic mass is 35.5. The molecule has 0 saturated carbocycles. The van der Waals surface area contributed by atoms with Gasteiger partial charge in [-0.2, -0.15) is 5.21 Å². The Morgan fingerprint density at radius 2 is 2.00 bits per heavy atom. The van der Waals surface area contributed by atoms with Gasteiger partial charge in [0, 0.05) is 22.2 Å². The molecule has 15 heavy (non-hydrogen) atoms. The Morgan fingerprint density at radius 3 is 2.60 bits per heavy atom. The van der Waals surface area contributed by atoms with E-state index in [-0.39, 0.29) is 0 Å². The highest BCUT2D eigenvalue weighted by Gasteiger charge is 2.05. The topological polar surface area (TPSA) is 66.5 Å². The van der Waals surface area contributed by atoms with Crippen LogP contribution in [0.4, 0.5) is 5.95 Å². The molecule has 0 fully saturated rings. The summed E-state index contributed by atoms with van der Waals surface area (Å²) in [6.07, 6.45) is 0. The second-order valence-corrected chi connectivity index (χ2v) is 3.60. The number of nitrogens with zero attached hydrogens (tertiary/aromatic N) is 3. The lowest BCUT2D eigenvalue weighted by Crippen LogP contribution is -2.02. The van der Waals surface area contributed by atoms with E-state index in [1.807, 2.05) is 0 Å². The summed E-state index contributed by atoms with van der Waals surface area (Å²) in [4.78, 5) is 0. The fourth-order valence-electron chi connectivity index (χ4n) is 1.11. The van der Waals surface area contributed by atoms with Gasteiger partial charge in [0.15, 0.2) is 0 Å². The Hall–Kier alpha value is -1.33. The number of benzene rings is 1. The first-order chi connectivity index (χ1) is 7.27. The average Bonchev–Trinajstić information content (AvgIpc) is 2.70. The maximum Gasteiger partial charge on any atom is 0.263 e. The Balaban J connectivity index is 2.11. The number of hydrogen-bond donors (Lipinski definition) is 2. The molecule has 0 spiro atoms. The summed E-state index contributed by atoms with van der Waals surface area (Å²) < 4.78 is 0. The van der Waals surface area contributed by atoms with Crippen LogP contribution in [0.25, 0.3) is 0 Å². The molecule has 1 aromatic carbocycles. The van der Waals surface area contributed by atoms with E-state index < -0.39 is 0 Å². The number of nitrogens with one attached hydrogen (secondary N) is 2. The molecule has 1 heterocycles. The van der Waals surface area contributed by atoms with Crippen LogP contribution in [-0.2, 0) is 6.54 Å². The van der Waals surface area contributed by atoms with Gasteiger partial charge >= 0.3 is 0 Å². The van der Waals surface area contributed by atoms with E-state index >= 15 is 0 Å². The Bertz CT molecular complexity index is 422. The van der Waals surface area contributed by atoms with Crippen molar-refractivity contribution >= 4 is 29.2 Å². The van der Waals surface area contributed by atoms with Crippen molar-refractivity contribution in [2.45, 2.75) is 6.54 Å². The van der Waals surface area contributed by atoms with Crippen LogP contribution in [0.15, 0.2) is 18.2 Å². The molecule has 2 rings (SSSR count). The number of halogens is 2. The highest BCUT2D eigenvalue weighted by molar-refractivity contribution is 6.36. The van der Waals surface area contributed by atoms with E-state index in [0.29, 0.717) is 22.5 Å². The van der Waals surface area contributed by atoms with Crippen molar-refractivity contribution in [1.82, 2.24) is 20.6 Å². The molecule has 0 atom stereocenters. The molecule has 0 aliphatic carbocycles. The van der Waals surface area contributed by atoms with E-state index in [0.717, 1.165) is 5.56 Å². The fourth-order valence-corrected chi connectivity index (χ4v) is 1.64. The van der Waals surface area contributed by atoms with Crippen LogP contribution in [0.1, 0.15) is 5.56 Å². The summed E-state index contributed by atoms with van der Waals surface area (Å²) in [5, 5.41) is 17.4. The van der Waals surface area contributed by atoms with Crippen LogP contribution in [-0.4, -0.2) is 20.6 Å². The zero-order valence-corrected chi connectivity index (χ0v) is 9.05. The summed E-state index contributed by atoms with van der Waals surface area (Å²) in [6.45, 7) is 0.456. The first-order valence-corrected chi connectivity index (χ1v) is 4.93. The molecule has 2 N–H and O–H groups in total. The van der Waals surface area contributed by atoms with Crippen molar-refractivity contribution < 1.29 is 0 Å². The van der Waals surface area contributed by atoms with Crippen molar-refractivity contribution in [3.05, 3.63) is 33.8 Å². The summed E-state index contributed by atoms with van der Waals surface area (Å²) in [6, 6.07) is 5.35. The highest BCUT2D eigenvalue weighted by Crippen LogP contribution is 2.24. The van der Waals surface area contributed by atoms with E-state index in [2.05, 4.69) is 25.9 Å². The van der Waals surface area contributed by atoms with Crippen molar-refractivity contribution in [2.24, 2.45) is 0 Å². The number of tetrazole rings is 1. The van der Waals surface area contributed by atoms with Gasteiger partial charge in [0.1, 0.15) is 0 Å². The standard InChI is InChI=1S/C8H7Cl2N5/c9-6-2-1-3-7(10)5(6)4-11-8-12-14-15-13-8/h1-3H,4H2,(H2,11,12,13,14,15). The number of rotatable bonds is 3. The summed E-state index contributed by atoms with van der Waals surface area (Å²) in [7, 11) is 0. The normalized spacial score (nSPS) is 10.3. The lowest BCUT2D eigenvalue weighted by Gasteiger charge is -2.06. The van der Waals surface area contributed by atoms with Crippen molar-refractivity contribution in [2.75, 3.05) is 5.32 Å². The molecule has 0 radical (unpaired) electrons. The molecule has 5 nitrogen and oxygen atoms in total. The maximum atomic E-state index is 5.98. The van der Waals surface area contributed by atoms with Gasteiger partial charge in [-0.3, -0.25) is 0 Å². The molecule has 0 aliphatic rings. The van der Waals surface area contributed by atoms with Crippen molar-refractivity contribution in [3.63, 3.8) is 0 Å². The van der Waals surface area contributed by atoms with Gasteiger partial charge < -0.3 is 5.32 Å². The van der Waals surface area contributed by atoms with Gasteiger partial charge in [0.05, 0.1) is 0 Å². The van der Waals surface area contributed by atoms with Gasteiger partial charge in [0.2, 0.25) is 0 Å². The quantitative estimate of drug-likeness (QED) is 0.867. The zero-order valence-electron chi connectivity index (χ0n) is 7.54. The Kier molecular flexibility index (Phi) is 3.03. The smallest absolute Gasteiger partial charge is 0.263 e. The molecule has 0 bridgehead atoms. The van der Waals surface area contributed by atoms with Crippen molar-refractivity contribution in [3.8, 4) is 0 Å². The molecule has 2 aromatic rings. The minimum Gasteiger partial charge on any atom is -0.347 e. The van der Waals surface area contributed by atoms with Crippen LogP contribution in [0.2, 0.25) is 10.0 Å². The Morgan fingerprint density at radius 1 is 1.27 bits per heavy atom. The Labute approximate surface area is 95.8 Å². The molecule has 78 valence electrons. The molecule has 0 aliphatic heterocycles. The zero-order chi connectivity index (χ0) is 10.7. The van der Waals surface area contributed by atoms with Crippen LogP contribution < -0.4 is 5.32 Å². The van der Waals surface area contributed by atoms with E-state index in [4.69, 9.17) is 23.2 Å². The predicted octanol–water partition coefficient (Wildman–Crippen LogP) is 2.12. The first kappa shape index (κ1) is 10.2. The van der Waals surface area contributed by atoms with Crippen molar-refractivity contribution in [1.29, 1.82) is 0 Å². The molecule has 0 unspecified atom stereocenters. The van der Waals surface area contributed by atoms with Crippen LogP contribution in [0, 0.1) is 0 Å². The SMILES string of the molecule is Clc1cccc(Cl)c1CNc1nn[nH]n1. The largest absolute Gasteiger partial charge is 0.347 e. The number of anilines is 1. The molecule has 7 heteroatoms.